The van der Waals surface area contributed by atoms with Gasteiger partial charge in [0.05, 0.1) is 26.5 Å². The Morgan fingerprint density at radius 2 is 1.84 bits per heavy atom. The maximum Gasteiger partial charge on any atom is 0.193 e. The average molecular weight is 457 g/mol. The molecule has 0 bridgehead atoms. The largest absolute Gasteiger partial charge is 0.497 e. The number of hydrogen-bond acceptors (Lipinski definition) is 4. The standard InChI is InChI=1S/C18H23N3O3.HI/c1-18(22,13-7-5-4-6-8-13)12-20-17(19)21-15-11-14(23-2)9-10-16(15)24-3;/h4-11,22H,12H2,1-3H3,(H3,19,20,21);1H. The van der Waals surface area contributed by atoms with Gasteiger partial charge in [0.15, 0.2) is 5.96 Å². The van der Waals surface area contributed by atoms with Crippen LogP contribution in [0.25, 0.3) is 0 Å². The SMILES string of the molecule is COc1ccc(OC)c(NC(N)=NCC(C)(O)c2ccccc2)c1.I. The number of nitrogens with zero attached hydrogens (tertiary/aromatic N) is 1. The maximum absolute atomic E-state index is 10.5. The fourth-order valence-corrected chi connectivity index (χ4v) is 2.22. The number of halogens is 1. The molecule has 1 unspecified atom stereocenters. The molecule has 0 aliphatic rings. The molecule has 7 heteroatoms. The lowest BCUT2D eigenvalue weighted by Gasteiger charge is -2.22. The Hall–Kier alpha value is -2.00. The molecule has 2 aromatic rings. The number of nitrogens with one attached hydrogen (secondary N) is 1. The summed E-state index contributed by atoms with van der Waals surface area (Å²) in [7, 11) is 3.15. The van der Waals surface area contributed by atoms with Crippen molar-refractivity contribution in [3.63, 3.8) is 0 Å². The quantitative estimate of drug-likeness (QED) is 0.353. The molecule has 4 N–H and O–H groups in total. The molecule has 0 spiro atoms. The zero-order chi connectivity index (χ0) is 17.6. The predicted molar refractivity (Wildman–Crippen MR) is 111 cm³/mol. The zero-order valence-electron chi connectivity index (χ0n) is 14.5. The summed E-state index contributed by atoms with van der Waals surface area (Å²) in [6.45, 7) is 1.83. The second-order valence-corrected chi connectivity index (χ2v) is 5.53. The van der Waals surface area contributed by atoms with Crippen LogP contribution in [0.2, 0.25) is 0 Å². The van der Waals surface area contributed by atoms with Gasteiger partial charge in [0, 0.05) is 6.07 Å². The van der Waals surface area contributed by atoms with Gasteiger partial charge in [-0.1, -0.05) is 30.3 Å². The van der Waals surface area contributed by atoms with Crippen LogP contribution in [0, 0.1) is 0 Å². The van der Waals surface area contributed by atoms with Crippen LogP contribution in [-0.4, -0.2) is 31.8 Å². The number of benzene rings is 2. The van der Waals surface area contributed by atoms with E-state index in [-0.39, 0.29) is 36.5 Å². The molecule has 0 fully saturated rings. The summed E-state index contributed by atoms with van der Waals surface area (Å²) in [5, 5.41) is 13.5. The normalized spacial score (nSPS) is 13.4. The molecule has 1 atom stereocenters. The van der Waals surface area contributed by atoms with Crippen LogP contribution in [0.15, 0.2) is 53.5 Å². The molecule has 2 aromatic carbocycles. The van der Waals surface area contributed by atoms with Crippen molar-refractivity contribution < 1.29 is 14.6 Å². The molecule has 0 aliphatic heterocycles. The van der Waals surface area contributed by atoms with E-state index < -0.39 is 5.60 Å². The molecule has 0 aromatic heterocycles. The van der Waals surface area contributed by atoms with E-state index in [0.717, 1.165) is 5.56 Å². The first-order chi connectivity index (χ1) is 11.5. The Labute approximate surface area is 165 Å². The third-order valence-corrected chi connectivity index (χ3v) is 3.62. The highest BCUT2D eigenvalue weighted by Crippen LogP contribution is 2.28. The molecule has 0 radical (unpaired) electrons. The highest BCUT2D eigenvalue weighted by molar-refractivity contribution is 14.0. The van der Waals surface area contributed by atoms with Crippen molar-refractivity contribution in [1.29, 1.82) is 0 Å². The van der Waals surface area contributed by atoms with Crippen LogP contribution < -0.4 is 20.5 Å². The Balaban J connectivity index is 0.00000312. The zero-order valence-corrected chi connectivity index (χ0v) is 16.9. The molecule has 0 aliphatic carbocycles. The van der Waals surface area contributed by atoms with Gasteiger partial charge in [0.25, 0.3) is 0 Å². The lowest BCUT2D eigenvalue weighted by molar-refractivity contribution is 0.0674. The molecule has 25 heavy (non-hydrogen) atoms. The Kier molecular flexibility index (Phi) is 7.98. The van der Waals surface area contributed by atoms with Crippen molar-refractivity contribution in [3.8, 4) is 11.5 Å². The van der Waals surface area contributed by atoms with Crippen molar-refractivity contribution in [2.45, 2.75) is 12.5 Å². The van der Waals surface area contributed by atoms with E-state index in [2.05, 4.69) is 10.3 Å². The van der Waals surface area contributed by atoms with Gasteiger partial charge in [-0.15, -0.1) is 24.0 Å². The summed E-state index contributed by atoms with van der Waals surface area (Å²) in [6.07, 6.45) is 0. The third-order valence-electron chi connectivity index (χ3n) is 3.62. The molecule has 136 valence electrons. The fourth-order valence-electron chi connectivity index (χ4n) is 2.22. The van der Waals surface area contributed by atoms with E-state index in [1.165, 1.54) is 0 Å². The number of hydrogen-bond donors (Lipinski definition) is 3. The van der Waals surface area contributed by atoms with Crippen molar-refractivity contribution in [2.75, 3.05) is 26.1 Å². The molecular formula is C18H24IN3O3. The number of aliphatic hydroxyl groups is 1. The minimum absolute atomic E-state index is 0. The highest BCUT2D eigenvalue weighted by atomic mass is 127. The minimum Gasteiger partial charge on any atom is -0.497 e. The van der Waals surface area contributed by atoms with Gasteiger partial charge in [-0.2, -0.15) is 0 Å². The molecule has 0 heterocycles. The molecule has 0 saturated heterocycles. The van der Waals surface area contributed by atoms with Crippen LogP contribution in [-0.2, 0) is 5.60 Å². The Bertz CT molecular complexity index is 706. The van der Waals surface area contributed by atoms with Gasteiger partial charge in [-0.05, 0) is 24.6 Å². The number of rotatable bonds is 6. The number of anilines is 1. The summed E-state index contributed by atoms with van der Waals surface area (Å²) < 4.78 is 10.5. The summed E-state index contributed by atoms with van der Waals surface area (Å²) in [4.78, 5) is 4.24. The van der Waals surface area contributed by atoms with Crippen LogP contribution in [0.1, 0.15) is 12.5 Å². The van der Waals surface area contributed by atoms with E-state index >= 15 is 0 Å². The summed E-state index contributed by atoms with van der Waals surface area (Å²) in [5.41, 5.74) is 6.25. The predicted octanol–water partition coefficient (Wildman–Crippen LogP) is 2.96. The van der Waals surface area contributed by atoms with Crippen molar-refractivity contribution in [2.24, 2.45) is 10.7 Å². The first-order valence-corrected chi connectivity index (χ1v) is 7.53. The van der Waals surface area contributed by atoms with E-state index in [4.69, 9.17) is 15.2 Å². The van der Waals surface area contributed by atoms with Gasteiger partial charge in [-0.25, -0.2) is 4.99 Å². The van der Waals surface area contributed by atoms with E-state index in [1.54, 1.807) is 39.3 Å². The molecule has 2 rings (SSSR count). The summed E-state index contributed by atoms with van der Waals surface area (Å²) in [6, 6.07) is 14.7. The van der Waals surface area contributed by atoms with Crippen LogP contribution >= 0.6 is 24.0 Å². The molecule has 0 amide bonds. The monoisotopic (exact) mass is 457 g/mol. The molecule has 0 saturated carbocycles. The summed E-state index contributed by atoms with van der Waals surface area (Å²) >= 11 is 0. The lowest BCUT2D eigenvalue weighted by Crippen LogP contribution is -2.29. The Morgan fingerprint density at radius 1 is 1.16 bits per heavy atom. The van der Waals surface area contributed by atoms with Gasteiger partial charge >= 0.3 is 0 Å². The maximum atomic E-state index is 10.5. The number of ether oxygens (including phenoxy) is 2. The smallest absolute Gasteiger partial charge is 0.193 e. The van der Waals surface area contributed by atoms with E-state index in [1.807, 2.05) is 30.3 Å². The topological polar surface area (TPSA) is 89.1 Å². The highest BCUT2D eigenvalue weighted by Gasteiger charge is 2.22. The average Bonchev–Trinajstić information content (AvgIpc) is 2.60. The van der Waals surface area contributed by atoms with E-state index in [0.29, 0.717) is 17.2 Å². The molecular weight excluding hydrogens is 433 g/mol. The Morgan fingerprint density at radius 3 is 2.44 bits per heavy atom. The van der Waals surface area contributed by atoms with Gasteiger partial charge in [-0.3, -0.25) is 0 Å². The van der Waals surface area contributed by atoms with Crippen LogP contribution in [0.4, 0.5) is 5.69 Å². The van der Waals surface area contributed by atoms with Gasteiger partial charge in [0.1, 0.15) is 17.1 Å². The number of methoxy groups -OCH3 is 2. The van der Waals surface area contributed by atoms with Crippen molar-refractivity contribution in [3.05, 3.63) is 54.1 Å². The van der Waals surface area contributed by atoms with Crippen LogP contribution in [0.5, 0.6) is 11.5 Å². The fraction of sp³-hybridized carbons (Fsp3) is 0.278. The van der Waals surface area contributed by atoms with Crippen LogP contribution in [0.3, 0.4) is 0 Å². The van der Waals surface area contributed by atoms with Gasteiger partial charge < -0.3 is 25.6 Å². The van der Waals surface area contributed by atoms with E-state index in [9.17, 15) is 5.11 Å². The first-order valence-electron chi connectivity index (χ1n) is 7.53. The number of guanidine groups is 1. The second kappa shape index (κ2) is 9.47. The van der Waals surface area contributed by atoms with Crippen molar-refractivity contribution in [1.82, 2.24) is 0 Å². The third kappa shape index (κ3) is 5.79. The first kappa shape index (κ1) is 21.0. The number of nitrogens with two attached hydrogens (primary N) is 1. The minimum atomic E-state index is -1.11. The second-order valence-electron chi connectivity index (χ2n) is 5.53. The summed E-state index contributed by atoms with van der Waals surface area (Å²) in [5.74, 6) is 1.46. The van der Waals surface area contributed by atoms with Gasteiger partial charge in [0.2, 0.25) is 0 Å². The van der Waals surface area contributed by atoms with Crippen molar-refractivity contribution >= 4 is 35.6 Å². The molecule has 6 nitrogen and oxygen atoms in total. The lowest BCUT2D eigenvalue weighted by atomic mass is 9.96. The number of aliphatic imine (C=N–C) groups is 1.